The molecule has 1 aliphatic carbocycles. The van der Waals surface area contributed by atoms with E-state index in [-0.39, 0.29) is 0 Å². The van der Waals surface area contributed by atoms with Gasteiger partial charge in [-0.1, -0.05) is 78.5 Å². The summed E-state index contributed by atoms with van der Waals surface area (Å²) in [5.74, 6) is 0.560. The maximum atomic E-state index is 3.80. The summed E-state index contributed by atoms with van der Waals surface area (Å²) in [6, 6.07) is 0.499. The Kier molecular flexibility index (Phi) is 15.9. The summed E-state index contributed by atoms with van der Waals surface area (Å²) in [5, 5.41) is 3.66. The molecule has 1 rings (SSSR count). The molecule has 1 nitrogen and oxygen atoms in total. The van der Waals surface area contributed by atoms with Gasteiger partial charge < -0.3 is 5.32 Å². The van der Waals surface area contributed by atoms with Crippen LogP contribution in [-0.2, 0) is 0 Å². The topological polar surface area (TPSA) is 12.0 Å². The van der Waals surface area contributed by atoms with Gasteiger partial charge in [-0.3, -0.25) is 0 Å². The zero-order valence-electron chi connectivity index (χ0n) is 16.7. The van der Waals surface area contributed by atoms with E-state index in [1.165, 1.54) is 16.8 Å². The zero-order valence-corrected chi connectivity index (χ0v) is 16.7. The van der Waals surface area contributed by atoms with Gasteiger partial charge in [0.25, 0.3) is 0 Å². The van der Waals surface area contributed by atoms with E-state index in [0.717, 1.165) is 12.8 Å². The van der Waals surface area contributed by atoms with E-state index in [9.17, 15) is 0 Å². The Balaban J connectivity index is 0. The van der Waals surface area contributed by atoms with Crippen molar-refractivity contribution >= 4 is 0 Å². The number of rotatable bonds is 5. The largest absolute Gasteiger partial charge is 0.382 e. The van der Waals surface area contributed by atoms with Crippen LogP contribution < -0.4 is 5.32 Å². The molecular formula is C22H39N. The highest BCUT2D eigenvalue weighted by Crippen LogP contribution is 2.31. The summed E-state index contributed by atoms with van der Waals surface area (Å²) in [5.41, 5.74) is 4.10. The highest BCUT2D eigenvalue weighted by Gasteiger charge is 2.23. The fourth-order valence-corrected chi connectivity index (χ4v) is 2.51. The van der Waals surface area contributed by atoms with E-state index in [1.54, 1.807) is 0 Å². The fourth-order valence-electron chi connectivity index (χ4n) is 2.51. The molecule has 1 saturated carbocycles. The average Bonchev–Trinajstić information content (AvgIpc) is 2.93. The van der Waals surface area contributed by atoms with E-state index in [0.29, 0.717) is 12.0 Å². The summed E-state index contributed by atoms with van der Waals surface area (Å²) in [7, 11) is 0. The van der Waals surface area contributed by atoms with Gasteiger partial charge in [0.05, 0.1) is 0 Å². The molecule has 0 aromatic rings. The molecule has 1 heteroatoms. The summed E-state index contributed by atoms with van der Waals surface area (Å²) < 4.78 is 0. The molecule has 0 spiro atoms. The van der Waals surface area contributed by atoms with Gasteiger partial charge >= 0.3 is 0 Å². The number of nitrogens with one attached hydrogen (secondary N) is 1. The Morgan fingerprint density at radius 3 is 2.09 bits per heavy atom. The molecule has 0 aromatic heterocycles. The normalized spacial score (nSPS) is 21.1. The minimum absolute atomic E-state index is 0.499. The van der Waals surface area contributed by atoms with E-state index in [4.69, 9.17) is 0 Å². The highest BCUT2D eigenvalue weighted by molar-refractivity contribution is 5.39. The minimum atomic E-state index is 0.499. The second-order valence-electron chi connectivity index (χ2n) is 5.36. The van der Waals surface area contributed by atoms with Crippen LogP contribution >= 0.6 is 0 Å². The Morgan fingerprint density at radius 1 is 1.09 bits per heavy atom. The lowest BCUT2D eigenvalue weighted by Gasteiger charge is -2.15. The van der Waals surface area contributed by atoms with Crippen molar-refractivity contribution in [1.29, 1.82) is 0 Å². The first-order chi connectivity index (χ1) is 11.1. The first kappa shape index (κ1) is 23.8. The van der Waals surface area contributed by atoms with Gasteiger partial charge in [-0.05, 0) is 49.8 Å². The molecule has 1 unspecified atom stereocenters. The van der Waals surface area contributed by atoms with Crippen molar-refractivity contribution < 1.29 is 0 Å². The predicted molar refractivity (Wildman–Crippen MR) is 109 cm³/mol. The molecule has 132 valence electrons. The molecule has 1 N–H and O–H groups in total. The molecule has 0 heterocycles. The predicted octanol–water partition coefficient (Wildman–Crippen LogP) is 6.97. The number of allylic oxidation sites excluding steroid dienone is 6. The van der Waals surface area contributed by atoms with Gasteiger partial charge in [-0.2, -0.15) is 0 Å². The van der Waals surface area contributed by atoms with Crippen LogP contribution in [0.15, 0.2) is 59.9 Å². The SMILES string of the molecule is C=C/C=C1/CC(NC(/C=C\C)=C/C(C)C)C/C1=C/C.CC.CC. The molecule has 0 amide bonds. The lowest BCUT2D eigenvalue weighted by atomic mass is 10.1. The van der Waals surface area contributed by atoms with Crippen molar-refractivity contribution in [1.82, 2.24) is 5.32 Å². The van der Waals surface area contributed by atoms with E-state index in [2.05, 4.69) is 70.0 Å². The van der Waals surface area contributed by atoms with Crippen molar-refractivity contribution in [2.24, 2.45) is 5.92 Å². The monoisotopic (exact) mass is 317 g/mol. The summed E-state index contributed by atoms with van der Waals surface area (Å²) in [6.45, 7) is 20.4. The Labute approximate surface area is 146 Å². The maximum Gasteiger partial charge on any atom is 0.0341 e. The zero-order chi connectivity index (χ0) is 18.3. The maximum absolute atomic E-state index is 3.80. The smallest absolute Gasteiger partial charge is 0.0341 e. The van der Waals surface area contributed by atoms with Crippen LogP contribution in [0.2, 0.25) is 0 Å². The Hall–Kier alpha value is -1.50. The number of hydrogen-bond acceptors (Lipinski definition) is 1. The third-order valence-electron chi connectivity index (χ3n) is 3.24. The van der Waals surface area contributed by atoms with Crippen LogP contribution in [0.25, 0.3) is 0 Å². The second-order valence-corrected chi connectivity index (χ2v) is 5.36. The summed E-state index contributed by atoms with van der Waals surface area (Å²) >= 11 is 0. The standard InChI is InChI=1S/C18H27N.2C2H6/c1-6-9-16-13-18(12-15(16)8-3)19-17(10-7-2)11-14(4)5;2*1-2/h6-11,14,18-19H,1,12-13H2,2-5H3;2*1-2H3/b10-7-,15-8-,16-9-,17-11+;;. The van der Waals surface area contributed by atoms with Crippen molar-refractivity contribution in [2.75, 3.05) is 0 Å². The molecule has 0 radical (unpaired) electrons. The first-order valence-corrected chi connectivity index (χ1v) is 9.18. The van der Waals surface area contributed by atoms with Crippen molar-refractivity contribution in [3.63, 3.8) is 0 Å². The fraction of sp³-hybridized carbons (Fsp3) is 0.545. The lowest BCUT2D eigenvalue weighted by Crippen LogP contribution is -2.25. The van der Waals surface area contributed by atoms with Crippen LogP contribution in [0.5, 0.6) is 0 Å². The summed E-state index contributed by atoms with van der Waals surface area (Å²) in [4.78, 5) is 0. The molecule has 1 atom stereocenters. The van der Waals surface area contributed by atoms with Gasteiger partial charge in [0, 0.05) is 11.7 Å². The third-order valence-corrected chi connectivity index (χ3v) is 3.24. The number of hydrogen-bond donors (Lipinski definition) is 1. The van der Waals surface area contributed by atoms with Gasteiger partial charge in [0.15, 0.2) is 0 Å². The van der Waals surface area contributed by atoms with Gasteiger partial charge in [-0.15, -0.1) is 0 Å². The molecule has 0 bridgehead atoms. The van der Waals surface area contributed by atoms with Crippen molar-refractivity contribution in [2.45, 2.75) is 74.3 Å². The van der Waals surface area contributed by atoms with Gasteiger partial charge in [-0.25, -0.2) is 0 Å². The Morgan fingerprint density at radius 2 is 1.65 bits per heavy atom. The third kappa shape index (κ3) is 9.99. The molecule has 1 fully saturated rings. The van der Waals surface area contributed by atoms with Gasteiger partial charge in [0.1, 0.15) is 0 Å². The second kappa shape index (κ2) is 15.4. The summed E-state index contributed by atoms with van der Waals surface area (Å²) in [6.07, 6.45) is 15.0. The van der Waals surface area contributed by atoms with Crippen LogP contribution in [0, 0.1) is 5.92 Å². The average molecular weight is 318 g/mol. The van der Waals surface area contributed by atoms with Crippen LogP contribution in [0.4, 0.5) is 0 Å². The van der Waals surface area contributed by atoms with E-state index < -0.39 is 0 Å². The quantitative estimate of drug-likeness (QED) is 0.540. The Bertz CT molecular complexity index is 419. The molecule has 0 aliphatic heterocycles. The lowest BCUT2D eigenvalue weighted by molar-refractivity contribution is 0.608. The molecular weight excluding hydrogens is 278 g/mol. The van der Waals surface area contributed by atoms with E-state index in [1.807, 2.05) is 33.8 Å². The van der Waals surface area contributed by atoms with Crippen molar-refractivity contribution in [3.8, 4) is 0 Å². The van der Waals surface area contributed by atoms with Crippen LogP contribution in [-0.4, -0.2) is 6.04 Å². The van der Waals surface area contributed by atoms with Gasteiger partial charge in [0.2, 0.25) is 0 Å². The minimum Gasteiger partial charge on any atom is -0.382 e. The first-order valence-electron chi connectivity index (χ1n) is 9.18. The van der Waals surface area contributed by atoms with E-state index >= 15 is 0 Å². The molecule has 0 aromatic carbocycles. The van der Waals surface area contributed by atoms with Crippen LogP contribution in [0.1, 0.15) is 68.2 Å². The highest BCUT2D eigenvalue weighted by atomic mass is 14.9. The molecule has 0 saturated heterocycles. The van der Waals surface area contributed by atoms with Crippen molar-refractivity contribution in [3.05, 3.63) is 59.9 Å². The molecule has 23 heavy (non-hydrogen) atoms. The molecule has 1 aliphatic rings. The van der Waals surface area contributed by atoms with Crippen LogP contribution in [0.3, 0.4) is 0 Å².